The number of hydrogen-bond donors (Lipinski definition) is 1. The van der Waals surface area contributed by atoms with Gasteiger partial charge in [0, 0.05) is 12.1 Å². The van der Waals surface area contributed by atoms with Gasteiger partial charge in [-0.05, 0) is 51.3 Å². The molecule has 94 valence electrons. The van der Waals surface area contributed by atoms with Crippen molar-refractivity contribution in [3.05, 3.63) is 29.6 Å². The van der Waals surface area contributed by atoms with Crippen LogP contribution in [0.4, 0.5) is 4.39 Å². The molecule has 1 N–H and O–H groups in total. The molecule has 1 aliphatic carbocycles. The van der Waals surface area contributed by atoms with Crippen molar-refractivity contribution < 1.29 is 9.13 Å². The fourth-order valence-corrected chi connectivity index (χ4v) is 1.84. The molecule has 0 bridgehead atoms. The van der Waals surface area contributed by atoms with Gasteiger partial charge in [0.15, 0.2) is 11.6 Å². The van der Waals surface area contributed by atoms with Gasteiger partial charge in [-0.25, -0.2) is 4.39 Å². The summed E-state index contributed by atoms with van der Waals surface area (Å²) in [5, 5.41) is 3.45. The number of halogens is 1. The fraction of sp³-hybridized carbons (Fsp3) is 0.571. The summed E-state index contributed by atoms with van der Waals surface area (Å²) in [5.74, 6) is 0.0584. The lowest BCUT2D eigenvalue weighted by Gasteiger charge is -2.16. The van der Waals surface area contributed by atoms with Gasteiger partial charge >= 0.3 is 0 Å². The Morgan fingerprint density at radius 1 is 1.29 bits per heavy atom. The van der Waals surface area contributed by atoms with Crippen molar-refractivity contribution in [2.24, 2.45) is 0 Å². The molecular formula is C14H20FNO. The average molecular weight is 237 g/mol. The summed E-state index contributed by atoms with van der Waals surface area (Å²) in [7, 11) is 0. The number of nitrogens with one attached hydrogen (secondary N) is 1. The van der Waals surface area contributed by atoms with Crippen molar-refractivity contribution in [3.63, 3.8) is 0 Å². The third-order valence-electron chi connectivity index (χ3n) is 2.88. The van der Waals surface area contributed by atoms with Crippen LogP contribution in [0.3, 0.4) is 0 Å². The quantitative estimate of drug-likeness (QED) is 0.847. The highest BCUT2D eigenvalue weighted by atomic mass is 19.1. The maximum absolute atomic E-state index is 13.8. The zero-order chi connectivity index (χ0) is 12.4. The Balaban J connectivity index is 2.06. The molecule has 0 amide bonds. The smallest absolute Gasteiger partial charge is 0.165 e. The van der Waals surface area contributed by atoms with Crippen LogP contribution in [-0.4, -0.2) is 12.1 Å². The van der Waals surface area contributed by atoms with Gasteiger partial charge in [-0.15, -0.1) is 0 Å². The largest absolute Gasteiger partial charge is 0.488 e. The Labute approximate surface area is 102 Å². The minimum absolute atomic E-state index is 0.00244. The molecular weight excluding hydrogens is 217 g/mol. The number of rotatable bonds is 5. The SMILES string of the molecule is CC(C)Oc1ccc([C@H](C)NC2CC2)cc1F. The Morgan fingerprint density at radius 2 is 2.00 bits per heavy atom. The van der Waals surface area contributed by atoms with E-state index in [1.54, 1.807) is 12.1 Å². The van der Waals surface area contributed by atoms with Crippen molar-refractivity contribution in [1.29, 1.82) is 0 Å². The normalized spacial score (nSPS) is 17.2. The van der Waals surface area contributed by atoms with E-state index >= 15 is 0 Å². The van der Waals surface area contributed by atoms with Crippen molar-refractivity contribution in [2.75, 3.05) is 0 Å². The van der Waals surface area contributed by atoms with Crippen LogP contribution in [0, 0.1) is 5.82 Å². The van der Waals surface area contributed by atoms with Crippen molar-refractivity contribution in [3.8, 4) is 5.75 Å². The van der Waals surface area contributed by atoms with Gasteiger partial charge in [0.05, 0.1) is 6.10 Å². The highest BCUT2D eigenvalue weighted by Gasteiger charge is 2.23. The van der Waals surface area contributed by atoms with Gasteiger partial charge in [-0.1, -0.05) is 6.07 Å². The van der Waals surface area contributed by atoms with Gasteiger partial charge in [0.2, 0.25) is 0 Å². The molecule has 0 heterocycles. The summed E-state index contributed by atoms with van der Waals surface area (Å²) in [6.07, 6.45) is 2.47. The summed E-state index contributed by atoms with van der Waals surface area (Å²) in [6, 6.07) is 6.04. The number of benzene rings is 1. The van der Waals surface area contributed by atoms with Crippen molar-refractivity contribution in [2.45, 2.75) is 51.8 Å². The van der Waals surface area contributed by atoms with E-state index in [9.17, 15) is 4.39 Å². The lowest BCUT2D eigenvalue weighted by atomic mass is 10.1. The minimum Gasteiger partial charge on any atom is -0.488 e. The molecule has 0 unspecified atom stereocenters. The predicted octanol–water partition coefficient (Wildman–Crippen LogP) is 3.43. The standard InChI is InChI=1S/C14H20FNO/c1-9(2)17-14-7-4-11(8-13(14)15)10(3)16-12-5-6-12/h4,7-10,12,16H,5-6H2,1-3H3/t10-/m0/s1. The summed E-state index contributed by atoms with van der Waals surface area (Å²) >= 11 is 0. The first-order valence-electron chi connectivity index (χ1n) is 6.28. The van der Waals surface area contributed by atoms with E-state index in [-0.39, 0.29) is 18.0 Å². The second kappa shape index (κ2) is 5.05. The highest BCUT2D eigenvalue weighted by Crippen LogP contribution is 2.26. The summed E-state index contributed by atoms with van der Waals surface area (Å²) in [4.78, 5) is 0. The zero-order valence-electron chi connectivity index (χ0n) is 10.7. The molecule has 1 aliphatic rings. The van der Waals surface area contributed by atoms with Crippen LogP contribution >= 0.6 is 0 Å². The Bertz CT molecular complexity index is 388. The zero-order valence-corrected chi connectivity index (χ0v) is 10.7. The second-order valence-corrected chi connectivity index (χ2v) is 5.02. The van der Waals surface area contributed by atoms with Crippen LogP contribution in [0.1, 0.15) is 45.2 Å². The lowest BCUT2D eigenvalue weighted by Crippen LogP contribution is -2.20. The van der Waals surface area contributed by atoms with Crippen LogP contribution in [0.5, 0.6) is 5.75 Å². The molecule has 0 radical (unpaired) electrons. The number of hydrogen-bond acceptors (Lipinski definition) is 2. The Kier molecular flexibility index (Phi) is 3.67. The highest BCUT2D eigenvalue weighted by molar-refractivity contribution is 5.31. The molecule has 2 rings (SSSR count). The number of ether oxygens (including phenoxy) is 1. The second-order valence-electron chi connectivity index (χ2n) is 5.02. The molecule has 1 aromatic carbocycles. The molecule has 0 aliphatic heterocycles. The third-order valence-corrected chi connectivity index (χ3v) is 2.88. The molecule has 3 heteroatoms. The van der Waals surface area contributed by atoms with Crippen molar-refractivity contribution >= 4 is 0 Å². The average Bonchev–Trinajstić information content (AvgIpc) is 3.04. The predicted molar refractivity (Wildman–Crippen MR) is 66.7 cm³/mol. The van der Waals surface area contributed by atoms with Crippen LogP contribution < -0.4 is 10.1 Å². The van der Waals surface area contributed by atoms with Gasteiger partial charge in [0.1, 0.15) is 0 Å². The van der Waals surface area contributed by atoms with Gasteiger partial charge < -0.3 is 10.1 Å². The van der Waals surface area contributed by atoms with Crippen molar-refractivity contribution in [1.82, 2.24) is 5.32 Å². The molecule has 0 saturated heterocycles. The first kappa shape index (κ1) is 12.4. The van der Waals surface area contributed by atoms with E-state index in [1.165, 1.54) is 12.8 Å². The first-order chi connectivity index (χ1) is 8.06. The third kappa shape index (κ3) is 3.43. The van der Waals surface area contributed by atoms with Crippen LogP contribution in [0.15, 0.2) is 18.2 Å². The van der Waals surface area contributed by atoms with E-state index in [1.807, 2.05) is 19.9 Å². The minimum atomic E-state index is -0.277. The van der Waals surface area contributed by atoms with Crippen LogP contribution in [0.25, 0.3) is 0 Å². The van der Waals surface area contributed by atoms with E-state index in [2.05, 4.69) is 12.2 Å². The van der Waals surface area contributed by atoms with Crippen LogP contribution in [-0.2, 0) is 0 Å². The van der Waals surface area contributed by atoms with E-state index in [0.29, 0.717) is 11.8 Å². The fourth-order valence-electron chi connectivity index (χ4n) is 1.84. The molecule has 1 aromatic rings. The first-order valence-corrected chi connectivity index (χ1v) is 6.28. The van der Waals surface area contributed by atoms with Gasteiger partial charge in [0.25, 0.3) is 0 Å². The Morgan fingerprint density at radius 3 is 2.53 bits per heavy atom. The molecule has 1 fully saturated rings. The molecule has 0 aromatic heterocycles. The summed E-state index contributed by atoms with van der Waals surface area (Å²) in [6.45, 7) is 5.85. The summed E-state index contributed by atoms with van der Waals surface area (Å²) < 4.78 is 19.1. The van der Waals surface area contributed by atoms with Crippen LogP contribution in [0.2, 0.25) is 0 Å². The summed E-state index contributed by atoms with van der Waals surface area (Å²) in [5.41, 5.74) is 0.977. The molecule has 2 nitrogen and oxygen atoms in total. The van der Waals surface area contributed by atoms with E-state index in [4.69, 9.17) is 4.74 Å². The molecule has 1 saturated carbocycles. The topological polar surface area (TPSA) is 21.3 Å². The van der Waals surface area contributed by atoms with Gasteiger partial charge in [-0.2, -0.15) is 0 Å². The Hall–Kier alpha value is -1.09. The maximum Gasteiger partial charge on any atom is 0.165 e. The molecule has 1 atom stereocenters. The van der Waals surface area contributed by atoms with E-state index < -0.39 is 0 Å². The maximum atomic E-state index is 13.8. The lowest BCUT2D eigenvalue weighted by molar-refractivity contribution is 0.231. The van der Waals surface area contributed by atoms with Gasteiger partial charge in [-0.3, -0.25) is 0 Å². The molecule has 0 spiro atoms. The molecule has 17 heavy (non-hydrogen) atoms. The van der Waals surface area contributed by atoms with E-state index in [0.717, 1.165) is 5.56 Å². The monoisotopic (exact) mass is 237 g/mol.